The Hall–Kier alpha value is -1.53. The first-order chi connectivity index (χ1) is 10.0. The number of benzene rings is 1. The largest absolute Gasteiger partial charge is 0.468 e. The van der Waals surface area contributed by atoms with Crippen LogP contribution in [-0.4, -0.2) is 24.6 Å². The van der Waals surface area contributed by atoms with Crippen LogP contribution in [0, 0.1) is 12.7 Å². The first-order valence-corrected chi connectivity index (χ1v) is 7.26. The van der Waals surface area contributed by atoms with Gasteiger partial charge in [0.1, 0.15) is 5.82 Å². The van der Waals surface area contributed by atoms with Crippen LogP contribution in [0.3, 0.4) is 0 Å². The predicted octanol–water partition coefficient (Wildman–Crippen LogP) is 3.59. The van der Waals surface area contributed by atoms with E-state index in [1.807, 2.05) is 32.9 Å². The summed E-state index contributed by atoms with van der Waals surface area (Å²) >= 11 is 3.18. The van der Waals surface area contributed by atoms with Gasteiger partial charge in [0.25, 0.3) is 0 Å². The zero-order chi connectivity index (χ0) is 16.4. The van der Waals surface area contributed by atoms with Gasteiger partial charge in [0, 0.05) is 11.6 Å². The number of carbonyl (C=O) groups is 1. The molecule has 0 saturated carbocycles. The van der Waals surface area contributed by atoms with E-state index >= 15 is 0 Å². The highest BCUT2D eigenvalue weighted by Gasteiger charge is 2.07. The molecule has 0 bridgehead atoms. The molecule has 2 N–H and O–H groups in total. The molecule has 1 heterocycles. The second-order valence-corrected chi connectivity index (χ2v) is 4.46. The summed E-state index contributed by atoms with van der Waals surface area (Å²) in [5.41, 5.74) is 6.39. The minimum Gasteiger partial charge on any atom is -0.468 e. The standard InChI is InChI=1S/C10H7BrFN.C3H7NO2.C2H6/c1-6-5-8(12)9(11)10-7(6)3-2-4-13-10;1-6-3(5)2-4;1-2/h2-5H,1H3;2,4H2,1H3;1-2H3. The predicted molar refractivity (Wildman–Crippen MR) is 86.6 cm³/mol. The Bertz CT molecular complexity index is 585. The number of halogens is 2. The Morgan fingerprint density at radius 3 is 2.57 bits per heavy atom. The molecule has 0 spiro atoms. The number of pyridine rings is 1. The third kappa shape index (κ3) is 5.77. The van der Waals surface area contributed by atoms with Crippen LogP contribution in [0.15, 0.2) is 28.9 Å². The van der Waals surface area contributed by atoms with Gasteiger partial charge in [0.2, 0.25) is 0 Å². The lowest BCUT2D eigenvalue weighted by molar-refractivity contribution is -0.138. The average molecular weight is 359 g/mol. The number of carbonyl (C=O) groups excluding carboxylic acids is 1. The molecule has 0 radical (unpaired) electrons. The smallest absolute Gasteiger partial charge is 0.319 e. The Labute approximate surface area is 132 Å². The molecule has 0 fully saturated rings. The van der Waals surface area contributed by atoms with Crippen LogP contribution >= 0.6 is 15.9 Å². The molecule has 1 aromatic carbocycles. The van der Waals surface area contributed by atoms with E-state index in [-0.39, 0.29) is 18.3 Å². The Morgan fingerprint density at radius 1 is 1.48 bits per heavy atom. The van der Waals surface area contributed by atoms with E-state index in [0.29, 0.717) is 9.99 Å². The molecule has 2 rings (SSSR count). The molecule has 116 valence electrons. The number of rotatable bonds is 1. The van der Waals surface area contributed by atoms with Crippen molar-refractivity contribution in [3.05, 3.63) is 40.2 Å². The quantitative estimate of drug-likeness (QED) is 0.791. The zero-order valence-corrected chi connectivity index (χ0v) is 14.2. The van der Waals surface area contributed by atoms with E-state index in [2.05, 4.69) is 25.7 Å². The summed E-state index contributed by atoms with van der Waals surface area (Å²) in [5, 5.41) is 0.982. The van der Waals surface area contributed by atoms with Crippen LogP contribution in [-0.2, 0) is 9.53 Å². The number of nitrogens with two attached hydrogens (primary N) is 1. The summed E-state index contributed by atoms with van der Waals surface area (Å²) in [6, 6.07) is 5.29. The lowest BCUT2D eigenvalue weighted by Crippen LogP contribution is -2.14. The molecule has 0 saturated heterocycles. The number of hydrogen-bond donors (Lipinski definition) is 1. The molecule has 21 heavy (non-hydrogen) atoms. The number of fused-ring (bicyclic) bond motifs is 1. The van der Waals surface area contributed by atoms with Crippen molar-refractivity contribution in [1.82, 2.24) is 4.98 Å². The summed E-state index contributed by atoms with van der Waals surface area (Å²) in [4.78, 5) is 13.9. The Morgan fingerprint density at radius 2 is 2.10 bits per heavy atom. The van der Waals surface area contributed by atoms with Crippen LogP contribution < -0.4 is 5.73 Å². The van der Waals surface area contributed by atoms with Crippen molar-refractivity contribution in [2.75, 3.05) is 13.7 Å². The summed E-state index contributed by atoms with van der Waals surface area (Å²) in [6.45, 7) is 5.84. The van der Waals surface area contributed by atoms with E-state index < -0.39 is 0 Å². The minimum atomic E-state index is -0.380. The molecule has 0 aliphatic heterocycles. The molecule has 0 unspecified atom stereocenters. The van der Waals surface area contributed by atoms with Crippen LogP contribution in [0.4, 0.5) is 4.39 Å². The van der Waals surface area contributed by atoms with Crippen LogP contribution in [0.1, 0.15) is 19.4 Å². The van der Waals surface area contributed by atoms with E-state index in [0.717, 1.165) is 10.9 Å². The Balaban J connectivity index is 0.000000427. The van der Waals surface area contributed by atoms with Gasteiger partial charge in [0.05, 0.1) is 23.6 Å². The van der Waals surface area contributed by atoms with E-state index in [1.165, 1.54) is 13.2 Å². The van der Waals surface area contributed by atoms with Crippen molar-refractivity contribution in [2.24, 2.45) is 5.73 Å². The van der Waals surface area contributed by atoms with Gasteiger partial charge >= 0.3 is 5.97 Å². The minimum absolute atomic E-state index is 0.0312. The maximum atomic E-state index is 13.2. The molecule has 4 nitrogen and oxygen atoms in total. The number of esters is 1. The first kappa shape index (κ1) is 19.5. The SMILES string of the molecule is CC.COC(=O)CN.Cc1cc(F)c(Br)c2ncccc12. The van der Waals surface area contributed by atoms with Crippen molar-refractivity contribution in [3.63, 3.8) is 0 Å². The van der Waals surface area contributed by atoms with Crippen molar-refractivity contribution < 1.29 is 13.9 Å². The number of aromatic nitrogens is 1. The third-order valence-electron chi connectivity index (χ3n) is 2.39. The molecule has 6 heteroatoms. The summed E-state index contributed by atoms with van der Waals surface area (Å²) < 4.78 is 17.8. The molecule has 0 amide bonds. The number of hydrogen-bond acceptors (Lipinski definition) is 4. The molecule has 0 atom stereocenters. The van der Waals surface area contributed by atoms with Gasteiger partial charge in [-0.25, -0.2) is 4.39 Å². The third-order valence-corrected chi connectivity index (χ3v) is 3.14. The highest BCUT2D eigenvalue weighted by Crippen LogP contribution is 2.27. The fourth-order valence-corrected chi connectivity index (χ4v) is 1.86. The van der Waals surface area contributed by atoms with E-state index in [4.69, 9.17) is 5.73 Å². The highest BCUT2D eigenvalue weighted by atomic mass is 79.9. The molecular weight excluding hydrogens is 339 g/mol. The summed E-state index contributed by atoms with van der Waals surface area (Å²) in [6.07, 6.45) is 1.66. The second kappa shape index (κ2) is 10.2. The van der Waals surface area contributed by atoms with Gasteiger partial charge in [-0.3, -0.25) is 9.78 Å². The highest BCUT2D eigenvalue weighted by molar-refractivity contribution is 9.10. The molecular formula is C15H20BrFN2O2. The average Bonchev–Trinajstić information content (AvgIpc) is 2.54. The lowest BCUT2D eigenvalue weighted by Gasteiger charge is -2.03. The monoisotopic (exact) mass is 358 g/mol. The number of methoxy groups -OCH3 is 1. The van der Waals surface area contributed by atoms with E-state index in [9.17, 15) is 9.18 Å². The lowest BCUT2D eigenvalue weighted by atomic mass is 10.1. The Kier molecular flexibility index (Phi) is 9.49. The summed E-state index contributed by atoms with van der Waals surface area (Å²) in [5.74, 6) is -0.640. The molecule has 0 aliphatic rings. The topological polar surface area (TPSA) is 65.2 Å². The fraction of sp³-hybridized carbons (Fsp3) is 0.333. The fourth-order valence-electron chi connectivity index (χ4n) is 1.43. The van der Waals surface area contributed by atoms with Gasteiger partial charge < -0.3 is 10.5 Å². The van der Waals surface area contributed by atoms with Crippen molar-refractivity contribution in [1.29, 1.82) is 0 Å². The van der Waals surface area contributed by atoms with Crippen molar-refractivity contribution in [3.8, 4) is 0 Å². The van der Waals surface area contributed by atoms with Gasteiger partial charge in [0.15, 0.2) is 0 Å². The van der Waals surface area contributed by atoms with Gasteiger partial charge in [-0.15, -0.1) is 0 Å². The first-order valence-electron chi connectivity index (χ1n) is 6.47. The molecule has 2 aromatic rings. The van der Waals surface area contributed by atoms with Gasteiger partial charge in [-0.05, 0) is 40.5 Å². The van der Waals surface area contributed by atoms with Crippen molar-refractivity contribution >= 4 is 32.8 Å². The summed E-state index contributed by atoms with van der Waals surface area (Å²) in [7, 11) is 1.30. The van der Waals surface area contributed by atoms with Crippen LogP contribution in [0.25, 0.3) is 10.9 Å². The zero-order valence-electron chi connectivity index (χ0n) is 12.6. The number of nitrogens with zero attached hydrogens (tertiary/aromatic N) is 1. The molecule has 1 aromatic heterocycles. The number of aryl methyl sites for hydroxylation is 1. The van der Waals surface area contributed by atoms with Crippen LogP contribution in [0.2, 0.25) is 0 Å². The van der Waals surface area contributed by atoms with Gasteiger partial charge in [-0.2, -0.15) is 0 Å². The van der Waals surface area contributed by atoms with Crippen LogP contribution in [0.5, 0.6) is 0 Å². The van der Waals surface area contributed by atoms with E-state index in [1.54, 1.807) is 6.20 Å². The van der Waals surface area contributed by atoms with Crippen molar-refractivity contribution in [2.45, 2.75) is 20.8 Å². The normalized spacial score (nSPS) is 9.10. The maximum absolute atomic E-state index is 13.2. The number of ether oxygens (including phenoxy) is 1. The maximum Gasteiger partial charge on any atom is 0.319 e. The molecule has 0 aliphatic carbocycles. The second-order valence-electron chi connectivity index (χ2n) is 3.67. The van der Waals surface area contributed by atoms with Gasteiger partial charge in [-0.1, -0.05) is 19.9 Å².